The first-order chi connectivity index (χ1) is 32.8. The number of aryl methyl sites for hydroxylation is 1. The molecule has 1 aromatic heterocycles. The number of aliphatic carboxylic acids is 2. The number of ether oxygens (including phenoxy) is 3. The first kappa shape index (κ1) is 45.0. The molecule has 12 aliphatic rings. The van der Waals surface area contributed by atoms with E-state index in [1.54, 1.807) is 7.11 Å². The average Bonchev–Trinajstić information content (AvgIpc) is 3.71. The van der Waals surface area contributed by atoms with Crippen LogP contribution < -0.4 is 5.32 Å². The van der Waals surface area contributed by atoms with Gasteiger partial charge in [-0.3, -0.25) is 9.59 Å². The molecule has 0 radical (unpaired) electrons. The lowest BCUT2D eigenvalue weighted by atomic mass is 9.14. The fourth-order valence-electron chi connectivity index (χ4n) is 21.6. The van der Waals surface area contributed by atoms with Crippen LogP contribution in [0, 0.1) is 84.2 Å². The minimum Gasteiger partial charge on any atom is -0.481 e. The van der Waals surface area contributed by atoms with E-state index < -0.39 is 109 Å². The van der Waals surface area contributed by atoms with E-state index in [0.29, 0.717) is 32.3 Å². The smallest absolute Gasteiger partial charge is 0.335 e. The second-order valence-corrected chi connectivity index (χ2v) is 25.3. The van der Waals surface area contributed by atoms with E-state index in [1.165, 1.54) is 22.3 Å². The quantitative estimate of drug-likeness (QED) is 0.112. The summed E-state index contributed by atoms with van der Waals surface area (Å²) in [6.45, 7) is 11.9. The van der Waals surface area contributed by atoms with Gasteiger partial charge in [0.1, 0.15) is 18.3 Å². The van der Waals surface area contributed by atoms with Crippen LogP contribution in [-0.2, 0) is 41.4 Å². The summed E-state index contributed by atoms with van der Waals surface area (Å²) in [5.74, 6) is -2.99. The van der Waals surface area contributed by atoms with Crippen LogP contribution in [0.3, 0.4) is 0 Å². The number of aliphatic hydroxyl groups is 3. The Morgan fingerprint density at radius 1 is 0.928 bits per heavy atom. The van der Waals surface area contributed by atoms with Crippen LogP contribution in [0.15, 0.2) is 72.1 Å². The summed E-state index contributed by atoms with van der Waals surface area (Å²) >= 11 is 0. The predicted molar refractivity (Wildman–Crippen MR) is 251 cm³/mol. The van der Waals surface area contributed by atoms with Crippen molar-refractivity contribution in [1.29, 1.82) is 0 Å². The number of hydrogen-bond acceptors (Lipinski definition) is 9. The van der Waals surface area contributed by atoms with Crippen molar-refractivity contribution < 1.29 is 54.1 Å². The molecular formula is C56H70N2O11. The minimum absolute atomic E-state index is 0.00194. The molecule has 370 valence electrons. The number of aliphatic hydroxyl groups excluding tert-OH is 3. The van der Waals surface area contributed by atoms with Crippen molar-refractivity contribution >= 4 is 17.8 Å². The van der Waals surface area contributed by atoms with E-state index in [2.05, 4.69) is 106 Å². The van der Waals surface area contributed by atoms with Crippen LogP contribution in [0.5, 0.6) is 0 Å². The molecule has 7 N–H and O–H groups in total. The first-order valence-electron chi connectivity index (χ1n) is 26.0. The van der Waals surface area contributed by atoms with Crippen molar-refractivity contribution in [3.8, 4) is 0 Å². The van der Waals surface area contributed by atoms with Gasteiger partial charge in [0, 0.05) is 53.1 Å². The van der Waals surface area contributed by atoms with E-state index >= 15 is 4.79 Å². The van der Waals surface area contributed by atoms with Gasteiger partial charge in [0.25, 0.3) is 0 Å². The van der Waals surface area contributed by atoms with Crippen molar-refractivity contribution in [3.05, 3.63) is 83.3 Å². The van der Waals surface area contributed by atoms with Gasteiger partial charge in [-0.25, -0.2) is 4.79 Å². The molecule has 10 aliphatic carbocycles. The van der Waals surface area contributed by atoms with Gasteiger partial charge in [-0.1, -0.05) is 88.8 Å². The van der Waals surface area contributed by atoms with Gasteiger partial charge < -0.3 is 50.0 Å². The van der Waals surface area contributed by atoms with Crippen LogP contribution in [0.25, 0.3) is 0 Å². The number of aromatic amines is 1. The lowest BCUT2D eigenvalue weighted by molar-refractivity contribution is -0.377. The summed E-state index contributed by atoms with van der Waals surface area (Å²) in [6.07, 6.45) is 21.6. The van der Waals surface area contributed by atoms with Crippen LogP contribution >= 0.6 is 0 Å². The Kier molecular flexibility index (Phi) is 9.01. The summed E-state index contributed by atoms with van der Waals surface area (Å²) < 4.78 is 18.9. The van der Waals surface area contributed by atoms with E-state index in [0.717, 1.165) is 38.5 Å². The fourth-order valence-corrected chi connectivity index (χ4v) is 21.6. The summed E-state index contributed by atoms with van der Waals surface area (Å²) in [7, 11) is 1.69. The molecule has 1 aromatic rings. The number of H-pyrrole nitrogens is 1. The molecule has 69 heavy (non-hydrogen) atoms. The Morgan fingerprint density at radius 2 is 1.71 bits per heavy atom. The van der Waals surface area contributed by atoms with Gasteiger partial charge in [0.2, 0.25) is 5.91 Å². The predicted octanol–water partition coefficient (Wildman–Crippen LogP) is 6.06. The second-order valence-electron chi connectivity index (χ2n) is 25.3. The fraction of sp³-hybridized carbons (Fsp3) is 0.696. The summed E-state index contributed by atoms with van der Waals surface area (Å²) in [5, 5.41) is 59.1. The van der Waals surface area contributed by atoms with Gasteiger partial charge >= 0.3 is 11.9 Å². The molecule has 2 aliphatic heterocycles. The SMILES string of the molecule is CCc1c[nH]cc1CC1C=CC2CC3(C)C45CCC6(C(=O)O)C(COC)CC7(C)CC=CC68C4=CC4CCC69C=CC(=CC5C(=O)NC78)C43C16C2C(C)(C)C(OC1OC(C(=O)O)C(O)C(O)C1O)C9. The van der Waals surface area contributed by atoms with Crippen LogP contribution in [0.2, 0.25) is 0 Å². The molecule has 2 saturated heterocycles. The molecule has 13 heteroatoms. The first-order valence-corrected chi connectivity index (χ1v) is 26.0. The minimum atomic E-state index is -1.83. The Hall–Kier alpha value is -3.85. The Balaban J connectivity index is 1.08. The maximum atomic E-state index is 15.9. The normalized spacial score (nSPS) is 53.6. The zero-order valence-electron chi connectivity index (χ0n) is 40.7. The molecule has 21 unspecified atom stereocenters. The molecule has 1 amide bonds. The van der Waals surface area contributed by atoms with Crippen LogP contribution in [0.4, 0.5) is 0 Å². The van der Waals surface area contributed by atoms with E-state index in [9.17, 15) is 35.1 Å². The van der Waals surface area contributed by atoms with E-state index in [-0.39, 0.29) is 35.5 Å². The molecule has 7 bridgehead atoms. The number of hydrogen-bond donors (Lipinski definition) is 7. The van der Waals surface area contributed by atoms with E-state index in [1.807, 2.05) is 0 Å². The summed E-state index contributed by atoms with van der Waals surface area (Å²) in [4.78, 5) is 46.4. The van der Waals surface area contributed by atoms with Gasteiger partial charge in [0.15, 0.2) is 12.4 Å². The maximum absolute atomic E-state index is 15.9. The summed E-state index contributed by atoms with van der Waals surface area (Å²) in [6, 6.07) is -0.413. The third-order valence-electron chi connectivity index (χ3n) is 23.3. The molecular weight excluding hydrogens is 877 g/mol. The average molecular weight is 947 g/mol. The van der Waals surface area contributed by atoms with Crippen molar-refractivity contribution in [2.45, 2.75) is 142 Å². The highest BCUT2D eigenvalue weighted by Gasteiger charge is 2.92. The van der Waals surface area contributed by atoms with Crippen molar-refractivity contribution in [1.82, 2.24) is 10.3 Å². The number of amides is 1. The van der Waals surface area contributed by atoms with Crippen molar-refractivity contribution in [2.75, 3.05) is 13.7 Å². The maximum Gasteiger partial charge on any atom is 0.335 e. The number of nitrogens with one attached hydrogen (secondary N) is 2. The monoisotopic (exact) mass is 946 g/mol. The third-order valence-corrected chi connectivity index (χ3v) is 23.3. The largest absolute Gasteiger partial charge is 0.481 e. The molecule has 5 saturated carbocycles. The van der Waals surface area contributed by atoms with Gasteiger partial charge in [-0.05, 0) is 126 Å². The number of aromatic nitrogens is 1. The number of carboxylic acid groups (broad SMARTS) is 2. The van der Waals surface area contributed by atoms with Crippen LogP contribution in [0.1, 0.15) is 97.1 Å². The highest BCUT2D eigenvalue weighted by atomic mass is 16.7. The number of carbonyl (C=O) groups is 3. The standard InChI is InChI=1S/C56H70N2O11/c1-7-28-25-57-26-30(28)19-31-10-9-29-22-50(5)53-18-17-52(47(65)66)34(27-67-6)23-49(4)13-8-14-54(52)36(53)21-33-12-16-51-15-11-32(20-35(53)43(62)58-46(49)54)55(33,50)56(31,51)42(29)48(2,3)37(24-51)68-45-40(61)38(59)39(60)41(69-45)44(63)64/h8-11,14-15,20-21,25-26,29,31,33-35,37-42,45-46,57,59-61H,7,12-13,16-19,22-24,27H2,1-6H3,(H,58,62)(H,63,64)(H,65,66). The highest BCUT2D eigenvalue weighted by molar-refractivity contribution is 5.89. The molecule has 7 fully saturated rings. The Labute approximate surface area is 403 Å². The number of carboxylic acids is 2. The molecule has 21 atom stereocenters. The summed E-state index contributed by atoms with van der Waals surface area (Å²) in [5.41, 5.74) is -0.910. The third kappa shape index (κ3) is 4.56. The number of allylic oxidation sites excluding steroid dienone is 7. The number of rotatable bonds is 9. The highest BCUT2D eigenvalue weighted by Crippen LogP contribution is 2.95. The lowest BCUT2D eigenvalue weighted by Gasteiger charge is -2.89. The lowest BCUT2D eigenvalue weighted by Crippen LogP contribution is -2.85. The number of carbonyl (C=O) groups excluding carboxylic acids is 1. The molecule has 0 aromatic carbocycles. The zero-order valence-corrected chi connectivity index (χ0v) is 40.7. The van der Waals surface area contributed by atoms with Crippen LogP contribution in [-0.4, -0.2) is 105 Å². The molecule has 13 nitrogen and oxygen atoms in total. The Bertz CT molecular complexity index is 2630. The van der Waals surface area contributed by atoms with Crippen molar-refractivity contribution in [3.63, 3.8) is 0 Å². The van der Waals surface area contributed by atoms with Gasteiger partial charge in [-0.15, -0.1) is 0 Å². The molecule has 13 rings (SSSR count). The second kappa shape index (κ2) is 13.8. The molecule has 3 heterocycles. The zero-order chi connectivity index (χ0) is 48.4. The topological polar surface area (TPSA) is 208 Å². The Morgan fingerprint density at radius 3 is 2.45 bits per heavy atom. The molecule has 4 spiro atoms. The van der Waals surface area contributed by atoms with Crippen molar-refractivity contribution in [2.24, 2.45) is 84.2 Å². The van der Waals surface area contributed by atoms with E-state index in [4.69, 9.17) is 14.2 Å². The number of methoxy groups -OCH3 is 1. The van der Waals surface area contributed by atoms with Gasteiger partial charge in [-0.2, -0.15) is 0 Å². The van der Waals surface area contributed by atoms with Gasteiger partial charge in [0.05, 0.1) is 24.0 Å².